The van der Waals surface area contributed by atoms with Gasteiger partial charge in [0.25, 0.3) is 0 Å². The van der Waals surface area contributed by atoms with Crippen molar-refractivity contribution in [2.24, 2.45) is 9.98 Å². The number of rotatable bonds is 5. The van der Waals surface area contributed by atoms with Gasteiger partial charge in [0.15, 0.2) is 0 Å². The molecule has 0 aliphatic carbocycles. The predicted octanol–water partition coefficient (Wildman–Crippen LogP) is 3.31. The molecule has 0 unspecified atom stereocenters. The van der Waals surface area contributed by atoms with Gasteiger partial charge in [-0.3, -0.25) is 9.98 Å². The van der Waals surface area contributed by atoms with Gasteiger partial charge in [-0.15, -0.1) is 0 Å². The Bertz CT molecular complexity index is 272. The maximum Gasteiger partial charge on any atom is 0.0879 e. The Morgan fingerprint density at radius 2 is 1.21 bits per heavy atom. The van der Waals surface area contributed by atoms with Crippen molar-refractivity contribution in [3.63, 3.8) is 0 Å². The third-order valence-electron chi connectivity index (χ3n) is 1.37. The van der Waals surface area contributed by atoms with Gasteiger partial charge in [-0.1, -0.05) is 25.3 Å². The van der Waals surface area contributed by atoms with E-state index < -0.39 is 0 Å². The summed E-state index contributed by atoms with van der Waals surface area (Å²) in [4.78, 5) is 8.33. The molecule has 2 heteroatoms. The molecular formula is C12H16N2. The van der Waals surface area contributed by atoms with Crippen LogP contribution in [0, 0.1) is 0 Å². The molecule has 0 spiro atoms. The summed E-state index contributed by atoms with van der Waals surface area (Å²) >= 11 is 0. The topological polar surface area (TPSA) is 24.7 Å². The van der Waals surface area contributed by atoms with Gasteiger partial charge in [-0.25, -0.2) is 0 Å². The number of hydrogen-bond donors (Lipinski definition) is 0. The summed E-state index contributed by atoms with van der Waals surface area (Å²) in [5, 5.41) is 0. The lowest BCUT2D eigenvalue weighted by molar-refractivity contribution is 1.51. The molecule has 14 heavy (non-hydrogen) atoms. The van der Waals surface area contributed by atoms with Crippen LogP contribution in [0.15, 0.2) is 59.8 Å². The van der Waals surface area contributed by atoms with Crippen molar-refractivity contribution < 1.29 is 0 Å². The summed E-state index contributed by atoms with van der Waals surface area (Å²) in [6, 6.07) is 0. The van der Waals surface area contributed by atoms with Crippen molar-refractivity contribution in [2.75, 3.05) is 0 Å². The van der Waals surface area contributed by atoms with Gasteiger partial charge in [-0.2, -0.15) is 0 Å². The molecule has 0 saturated heterocycles. The average molecular weight is 188 g/mol. The third kappa shape index (κ3) is 4.36. The zero-order chi connectivity index (χ0) is 10.8. The molecule has 0 fully saturated rings. The van der Waals surface area contributed by atoms with E-state index in [2.05, 4.69) is 23.1 Å². The molecule has 2 nitrogen and oxygen atoms in total. The molecule has 74 valence electrons. The summed E-state index contributed by atoms with van der Waals surface area (Å²) in [6.45, 7) is 11.2. The highest BCUT2D eigenvalue weighted by Gasteiger charge is 1.97. The SMILES string of the molecule is C=CC(=N/C=C\C)C(C=C)=N/C=C\C. The smallest absolute Gasteiger partial charge is 0.0879 e. The first-order valence-electron chi connectivity index (χ1n) is 4.43. The second kappa shape index (κ2) is 7.92. The van der Waals surface area contributed by atoms with E-state index in [-0.39, 0.29) is 0 Å². The van der Waals surface area contributed by atoms with Gasteiger partial charge in [-0.05, 0) is 26.0 Å². The monoisotopic (exact) mass is 188 g/mol. The van der Waals surface area contributed by atoms with Crippen LogP contribution in [0.2, 0.25) is 0 Å². The Balaban J connectivity index is 4.96. The van der Waals surface area contributed by atoms with Gasteiger partial charge in [0.2, 0.25) is 0 Å². The zero-order valence-electron chi connectivity index (χ0n) is 8.77. The first kappa shape index (κ1) is 12.3. The van der Waals surface area contributed by atoms with Crippen molar-refractivity contribution in [3.05, 3.63) is 49.9 Å². The highest BCUT2D eigenvalue weighted by molar-refractivity contribution is 6.50. The maximum atomic E-state index is 4.17. The largest absolute Gasteiger partial charge is 0.255 e. The number of aliphatic imine (C=N–C) groups is 2. The van der Waals surface area contributed by atoms with E-state index in [1.807, 2.05) is 26.0 Å². The van der Waals surface area contributed by atoms with Crippen LogP contribution in [-0.2, 0) is 0 Å². The summed E-state index contributed by atoms with van der Waals surface area (Å²) < 4.78 is 0. The Morgan fingerprint density at radius 1 is 0.857 bits per heavy atom. The molecule has 0 aliphatic rings. The van der Waals surface area contributed by atoms with Gasteiger partial charge in [0.1, 0.15) is 0 Å². The minimum absolute atomic E-state index is 0.719. The summed E-state index contributed by atoms with van der Waals surface area (Å²) in [7, 11) is 0. The first-order valence-corrected chi connectivity index (χ1v) is 4.43. The Kier molecular flexibility index (Phi) is 6.96. The van der Waals surface area contributed by atoms with Crippen LogP contribution in [0.4, 0.5) is 0 Å². The van der Waals surface area contributed by atoms with E-state index in [1.165, 1.54) is 0 Å². The molecular weight excluding hydrogens is 172 g/mol. The van der Waals surface area contributed by atoms with Gasteiger partial charge < -0.3 is 0 Å². The van der Waals surface area contributed by atoms with Crippen LogP contribution in [-0.4, -0.2) is 11.4 Å². The fraction of sp³-hybridized carbons (Fsp3) is 0.167. The fourth-order valence-corrected chi connectivity index (χ4v) is 0.756. The van der Waals surface area contributed by atoms with Crippen molar-refractivity contribution >= 4 is 11.4 Å². The predicted molar refractivity (Wildman–Crippen MR) is 64.9 cm³/mol. The van der Waals surface area contributed by atoms with Crippen molar-refractivity contribution in [3.8, 4) is 0 Å². The standard InChI is InChI=1S/C12H16N2/c1-5-9-13-11(7-3)12(8-4)14-10-6-2/h5-10H,3-4H2,1-2H3/b9-5-,10-6-,13-11?,14-12?. The van der Waals surface area contributed by atoms with Gasteiger partial charge in [0, 0.05) is 12.4 Å². The summed E-state index contributed by atoms with van der Waals surface area (Å²) in [5.41, 5.74) is 1.44. The molecule has 0 saturated carbocycles. The average Bonchev–Trinajstić information content (AvgIpc) is 2.23. The molecule has 0 amide bonds. The summed E-state index contributed by atoms with van der Waals surface area (Å²) in [6.07, 6.45) is 10.4. The lowest BCUT2D eigenvalue weighted by atomic mass is 10.2. The molecule has 0 atom stereocenters. The zero-order valence-corrected chi connectivity index (χ0v) is 8.77. The maximum absolute atomic E-state index is 4.17. The molecule has 0 aromatic rings. The van der Waals surface area contributed by atoms with E-state index in [9.17, 15) is 0 Å². The molecule has 0 aromatic carbocycles. The van der Waals surface area contributed by atoms with Crippen LogP contribution in [0.1, 0.15) is 13.8 Å². The molecule has 0 aliphatic heterocycles. The third-order valence-corrected chi connectivity index (χ3v) is 1.37. The molecule has 0 aromatic heterocycles. The lowest BCUT2D eigenvalue weighted by Gasteiger charge is -1.97. The lowest BCUT2D eigenvalue weighted by Crippen LogP contribution is -2.07. The van der Waals surface area contributed by atoms with Crippen molar-refractivity contribution in [1.29, 1.82) is 0 Å². The quantitative estimate of drug-likeness (QED) is 0.591. The van der Waals surface area contributed by atoms with Gasteiger partial charge >= 0.3 is 0 Å². The Labute approximate surface area is 85.8 Å². The van der Waals surface area contributed by atoms with E-state index in [0.29, 0.717) is 0 Å². The van der Waals surface area contributed by atoms with Crippen LogP contribution in [0.25, 0.3) is 0 Å². The van der Waals surface area contributed by atoms with Crippen LogP contribution >= 0.6 is 0 Å². The van der Waals surface area contributed by atoms with Crippen molar-refractivity contribution in [1.82, 2.24) is 0 Å². The molecule has 0 bridgehead atoms. The molecule has 0 heterocycles. The molecule has 0 N–H and O–H groups in total. The van der Waals surface area contributed by atoms with Crippen molar-refractivity contribution in [2.45, 2.75) is 13.8 Å². The van der Waals surface area contributed by atoms with Gasteiger partial charge in [0.05, 0.1) is 11.4 Å². The highest BCUT2D eigenvalue weighted by Crippen LogP contribution is 1.92. The van der Waals surface area contributed by atoms with E-state index in [1.54, 1.807) is 24.6 Å². The van der Waals surface area contributed by atoms with E-state index in [4.69, 9.17) is 0 Å². The van der Waals surface area contributed by atoms with Crippen LogP contribution < -0.4 is 0 Å². The van der Waals surface area contributed by atoms with E-state index in [0.717, 1.165) is 11.4 Å². The minimum Gasteiger partial charge on any atom is -0.255 e. The Morgan fingerprint density at radius 3 is 1.43 bits per heavy atom. The normalized spacial score (nSPS) is 13.9. The number of nitrogens with zero attached hydrogens (tertiary/aromatic N) is 2. The number of hydrogen-bond acceptors (Lipinski definition) is 2. The van der Waals surface area contributed by atoms with Crippen LogP contribution in [0.3, 0.4) is 0 Å². The van der Waals surface area contributed by atoms with E-state index >= 15 is 0 Å². The second-order valence-corrected chi connectivity index (χ2v) is 2.40. The Hall–Kier alpha value is -1.70. The molecule has 0 rings (SSSR count). The second-order valence-electron chi connectivity index (χ2n) is 2.40. The number of allylic oxidation sites excluding steroid dienone is 4. The first-order chi connectivity index (χ1) is 6.79. The molecule has 0 radical (unpaired) electrons. The summed E-state index contributed by atoms with van der Waals surface area (Å²) in [5.74, 6) is 0. The highest BCUT2D eigenvalue weighted by atomic mass is 14.8. The fourth-order valence-electron chi connectivity index (χ4n) is 0.756. The minimum atomic E-state index is 0.719. The van der Waals surface area contributed by atoms with Crippen LogP contribution in [0.5, 0.6) is 0 Å².